The second kappa shape index (κ2) is 9.71. The summed E-state index contributed by atoms with van der Waals surface area (Å²) in [6.07, 6.45) is 0. The van der Waals surface area contributed by atoms with E-state index < -0.39 is 20.0 Å². The van der Waals surface area contributed by atoms with E-state index in [1.54, 1.807) is 13.8 Å². The van der Waals surface area contributed by atoms with Crippen molar-refractivity contribution in [1.82, 2.24) is 8.61 Å². The van der Waals surface area contributed by atoms with Gasteiger partial charge in [0.15, 0.2) is 0 Å². The van der Waals surface area contributed by atoms with Crippen LogP contribution in [-0.4, -0.2) is 58.7 Å². The molecule has 9 heteroatoms. The number of ether oxygens (including phenoxy) is 1. The van der Waals surface area contributed by atoms with Crippen molar-refractivity contribution in [3.05, 3.63) is 54.1 Å². The fourth-order valence-electron chi connectivity index (χ4n) is 2.80. The van der Waals surface area contributed by atoms with Gasteiger partial charge in [0, 0.05) is 26.7 Å². The van der Waals surface area contributed by atoms with E-state index in [4.69, 9.17) is 4.74 Å². The van der Waals surface area contributed by atoms with E-state index in [2.05, 4.69) is 0 Å². The van der Waals surface area contributed by atoms with Gasteiger partial charge in [0.1, 0.15) is 12.4 Å². The molecule has 0 aliphatic heterocycles. The highest BCUT2D eigenvalue weighted by Crippen LogP contribution is 2.21. The van der Waals surface area contributed by atoms with Crippen molar-refractivity contribution < 1.29 is 21.6 Å². The fourth-order valence-corrected chi connectivity index (χ4v) is 5.41. The summed E-state index contributed by atoms with van der Waals surface area (Å²) in [6.45, 7) is 6.50. The van der Waals surface area contributed by atoms with E-state index in [0.29, 0.717) is 18.8 Å². The number of nitrogens with zero attached hydrogens (tertiary/aromatic N) is 2. The maximum Gasteiger partial charge on any atom is 0.243 e. The van der Waals surface area contributed by atoms with Gasteiger partial charge in [-0.15, -0.1) is 0 Å². The molecule has 2 aromatic carbocycles. The summed E-state index contributed by atoms with van der Waals surface area (Å²) in [6, 6.07) is 12.8. The van der Waals surface area contributed by atoms with Crippen molar-refractivity contribution in [2.24, 2.45) is 0 Å². The lowest BCUT2D eigenvalue weighted by atomic mass is 10.2. The van der Waals surface area contributed by atoms with Crippen molar-refractivity contribution in [3.8, 4) is 5.75 Å². The van der Waals surface area contributed by atoms with E-state index in [1.807, 2.05) is 31.2 Å². The first-order chi connectivity index (χ1) is 13.6. The number of hydrogen-bond donors (Lipinski definition) is 0. The molecule has 0 spiro atoms. The Morgan fingerprint density at radius 1 is 0.828 bits per heavy atom. The van der Waals surface area contributed by atoms with Gasteiger partial charge in [-0.25, -0.2) is 16.8 Å². The summed E-state index contributed by atoms with van der Waals surface area (Å²) in [5.74, 6) is 0.712. The summed E-state index contributed by atoms with van der Waals surface area (Å²) < 4.78 is 58.8. The van der Waals surface area contributed by atoms with Gasteiger partial charge in [0.05, 0.1) is 9.79 Å². The van der Waals surface area contributed by atoms with Crippen LogP contribution in [0.3, 0.4) is 0 Å². The van der Waals surface area contributed by atoms with Gasteiger partial charge in [0.25, 0.3) is 0 Å². The van der Waals surface area contributed by atoms with Crippen LogP contribution < -0.4 is 4.74 Å². The Balaban J connectivity index is 2.09. The molecule has 0 atom stereocenters. The van der Waals surface area contributed by atoms with Gasteiger partial charge < -0.3 is 4.74 Å². The lowest BCUT2D eigenvalue weighted by Crippen LogP contribution is -2.31. The summed E-state index contributed by atoms with van der Waals surface area (Å²) in [7, 11) is -5.91. The third-order valence-corrected chi connectivity index (χ3v) is 8.57. The number of hydrogen-bond acceptors (Lipinski definition) is 5. The molecule has 29 heavy (non-hydrogen) atoms. The Kier molecular flexibility index (Phi) is 7.81. The van der Waals surface area contributed by atoms with Crippen LogP contribution in [0.15, 0.2) is 58.3 Å². The van der Waals surface area contributed by atoms with Crippen molar-refractivity contribution in [2.45, 2.75) is 30.6 Å². The zero-order valence-electron chi connectivity index (χ0n) is 17.2. The topological polar surface area (TPSA) is 84.0 Å². The number of rotatable bonds is 10. The van der Waals surface area contributed by atoms with Crippen LogP contribution in [0.4, 0.5) is 0 Å². The molecule has 0 saturated heterocycles. The monoisotopic (exact) mass is 440 g/mol. The molecule has 7 nitrogen and oxygen atoms in total. The van der Waals surface area contributed by atoms with E-state index >= 15 is 0 Å². The van der Waals surface area contributed by atoms with Gasteiger partial charge in [-0.1, -0.05) is 32.0 Å². The summed E-state index contributed by atoms with van der Waals surface area (Å²) >= 11 is 0. The number of likely N-dealkylation sites (N-methyl/N-ethyl adjacent to an activating group) is 1. The van der Waals surface area contributed by atoms with E-state index in [0.717, 1.165) is 5.56 Å². The molecule has 0 bridgehead atoms. The van der Waals surface area contributed by atoms with Crippen LogP contribution in [0, 0.1) is 6.92 Å². The second-order valence-corrected chi connectivity index (χ2v) is 10.5. The molecule has 0 fully saturated rings. The van der Waals surface area contributed by atoms with E-state index in [9.17, 15) is 16.8 Å². The highest BCUT2D eigenvalue weighted by molar-refractivity contribution is 7.89. The molecular weight excluding hydrogens is 412 g/mol. The zero-order valence-corrected chi connectivity index (χ0v) is 18.8. The van der Waals surface area contributed by atoms with Gasteiger partial charge in [0.2, 0.25) is 20.0 Å². The molecule has 0 unspecified atom stereocenters. The Morgan fingerprint density at radius 3 is 1.86 bits per heavy atom. The third-order valence-electron chi connectivity index (χ3n) is 4.63. The van der Waals surface area contributed by atoms with E-state index in [-0.39, 0.29) is 22.9 Å². The predicted octanol–water partition coefficient (Wildman–Crippen LogP) is 2.73. The zero-order chi connectivity index (χ0) is 21.7. The Hall–Kier alpha value is -1.94. The Morgan fingerprint density at radius 2 is 1.34 bits per heavy atom. The lowest BCUT2D eigenvalue weighted by Gasteiger charge is -2.20. The van der Waals surface area contributed by atoms with Gasteiger partial charge in [-0.3, -0.25) is 0 Å². The SMILES string of the molecule is CCN(CC)S(=O)(=O)c1ccc(S(=O)(=O)N(C)CCOc2ccccc2C)cc1. The van der Waals surface area contributed by atoms with Gasteiger partial charge >= 0.3 is 0 Å². The van der Waals surface area contributed by atoms with Crippen LogP contribution in [0.25, 0.3) is 0 Å². The van der Waals surface area contributed by atoms with Crippen LogP contribution in [0.5, 0.6) is 5.75 Å². The van der Waals surface area contributed by atoms with Crippen molar-refractivity contribution in [2.75, 3.05) is 33.3 Å². The van der Waals surface area contributed by atoms with Gasteiger partial charge in [-0.05, 0) is 42.8 Å². The van der Waals surface area contributed by atoms with Crippen LogP contribution in [0.1, 0.15) is 19.4 Å². The molecule has 0 heterocycles. The average Bonchev–Trinajstić information content (AvgIpc) is 2.70. The molecule has 2 rings (SSSR count). The quantitative estimate of drug-likeness (QED) is 0.567. The normalized spacial score (nSPS) is 12.5. The standard InChI is InChI=1S/C20H28N2O5S2/c1-5-22(6-2)29(25,26)19-13-11-18(12-14-19)28(23,24)21(4)15-16-27-20-10-8-7-9-17(20)3/h7-14H,5-6,15-16H2,1-4H3. The minimum atomic E-state index is -3.75. The van der Waals surface area contributed by atoms with Crippen molar-refractivity contribution in [3.63, 3.8) is 0 Å². The molecule has 0 saturated carbocycles. The minimum Gasteiger partial charge on any atom is -0.492 e. The molecular formula is C20H28N2O5S2. The molecule has 160 valence electrons. The predicted molar refractivity (Wildman–Crippen MR) is 113 cm³/mol. The first-order valence-corrected chi connectivity index (χ1v) is 12.3. The summed E-state index contributed by atoms with van der Waals surface area (Å²) in [5.41, 5.74) is 0.975. The highest BCUT2D eigenvalue weighted by atomic mass is 32.2. The smallest absolute Gasteiger partial charge is 0.243 e. The summed E-state index contributed by atoms with van der Waals surface area (Å²) in [5, 5.41) is 0. The maximum absolute atomic E-state index is 12.8. The molecule has 0 aliphatic rings. The molecule has 0 radical (unpaired) electrons. The number of aryl methyl sites for hydroxylation is 1. The maximum atomic E-state index is 12.8. The number of sulfonamides is 2. The highest BCUT2D eigenvalue weighted by Gasteiger charge is 2.24. The molecule has 0 amide bonds. The van der Waals surface area contributed by atoms with Crippen LogP contribution >= 0.6 is 0 Å². The van der Waals surface area contributed by atoms with Crippen molar-refractivity contribution >= 4 is 20.0 Å². The summed E-state index contributed by atoms with van der Waals surface area (Å²) in [4.78, 5) is 0.111. The van der Waals surface area contributed by atoms with Crippen LogP contribution in [0.2, 0.25) is 0 Å². The molecule has 2 aromatic rings. The van der Waals surface area contributed by atoms with E-state index in [1.165, 1.54) is 39.9 Å². The first-order valence-electron chi connectivity index (χ1n) is 9.39. The fraction of sp³-hybridized carbons (Fsp3) is 0.400. The average molecular weight is 441 g/mol. The molecule has 0 aliphatic carbocycles. The Labute approximate surface area is 174 Å². The van der Waals surface area contributed by atoms with Gasteiger partial charge in [-0.2, -0.15) is 8.61 Å². The number of benzene rings is 2. The van der Waals surface area contributed by atoms with Crippen LogP contribution in [-0.2, 0) is 20.0 Å². The third kappa shape index (κ3) is 5.36. The molecule has 0 aromatic heterocycles. The number of para-hydroxylation sites is 1. The second-order valence-electron chi connectivity index (χ2n) is 6.50. The first kappa shape index (κ1) is 23.3. The largest absolute Gasteiger partial charge is 0.492 e. The Bertz CT molecular complexity index is 1020. The van der Waals surface area contributed by atoms with Crippen molar-refractivity contribution in [1.29, 1.82) is 0 Å². The molecule has 0 N–H and O–H groups in total. The lowest BCUT2D eigenvalue weighted by molar-refractivity contribution is 0.285. The minimum absolute atomic E-state index is 0.0365.